The van der Waals surface area contributed by atoms with E-state index in [0.717, 1.165) is 0 Å². The zero-order valence-electron chi connectivity index (χ0n) is 17.4. The Morgan fingerprint density at radius 3 is 1.78 bits per heavy atom. The fourth-order valence-corrected chi connectivity index (χ4v) is 2.36. The molecule has 1 aliphatic heterocycles. The summed E-state index contributed by atoms with van der Waals surface area (Å²) in [5, 5.41) is 29.6. The highest BCUT2D eigenvalue weighted by atomic mass is 31.2. The van der Waals surface area contributed by atoms with Crippen molar-refractivity contribution in [2.45, 2.75) is 24.0 Å². The summed E-state index contributed by atoms with van der Waals surface area (Å²) in [6.07, 6.45) is 4.04. The molecule has 0 amide bonds. The lowest BCUT2D eigenvalue weighted by molar-refractivity contribution is -0.0911. The highest BCUT2D eigenvalue weighted by molar-refractivity contribution is 7.45. The van der Waals surface area contributed by atoms with Crippen LogP contribution in [0.2, 0.25) is 0 Å². The molecule has 0 radical (unpaired) electrons. The highest BCUT2D eigenvalue weighted by Crippen LogP contribution is 2.38. The van der Waals surface area contributed by atoms with E-state index in [4.69, 9.17) is 74.6 Å². The maximum absolute atomic E-state index is 10.2. The standard InChI is InChI=1S/C12H13N5O4.3H3O4P/c1-2-12(3-18)8(20)7(19)11(21-12)17-5-16-6-9(13)14-4-15-10(6)17;3*1-5(2,3)4/h1,4-5,7-8,11,18-20H,3H2,(H2,13,14,15);3*(H3,1,2,3,4)/t7-,8+,11-,12-;;;/m1.../s1. The van der Waals surface area contributed by atoms with Gasteiger partial charge in [-0.1, -0.05) is 5.92 Å². The monoisotopic (exact) mass is 585 g/mol. The minimum Gasteiger partial charge on any atom is -0.392 e. The second kappa shape index (κ2) is 13.0. The second-order valence-electron chi connectivity index (χ2n) is 6.26. The lowest BCUT2D eigenvalue weighted by Gasteiger charge is -2.23. The summed E-state index contributed by atoms with van der Waals surface area (Å²) in [7, 11) is -13.9. The van der Waals surface area contributed by atoms with E-state index in [1.165, 1.54) is 17.2 Å². The van der Waals surface area contributed by atoms with Crippen molar-refractivity contribution in [1.82, 2.24) is 19.5 Å². The van der Waals surface area contributed by atoms with Crippen LogP contribution in [0.15, 0.2) is 12.7 Å². The summed E-state index contributed by atoms with van der Waals surface area (Å²) in [6.45, 7) is -0.637. The molecule has 0 aromatic carbocycles. The van der Waals surface area contributed by atoms with Gasteiger partial charge in [0.2, 0.25) is 0 Å². The lowest BCUT2D eigenvalue weighted by Crippen LogP contribution is -2.44. The number of aromatic nitrogens is 4. The molecule has 1 aliphatic rings. The Bertz CT molecular complexity index is 1110. The predicted molar refractivity (Wildman–Crippen MR) is 113 cm³/mol. The Morgan fingerprint density at radius 2 is 1.42 bits per heavy atom. The predicted octanol–water partition coefficient (Wildman–Crippen LogP) is -4.76. The van der Waals surface area contributed by atoms with E-state index in [0.29, 0.717) is 11.2 Å². The van der Waals surface area contributed by atoms with Gasteiger partial charge in [-0.05, 0) is 0 Å². The molecular formula is C12H22N5O16P3. The number of rotatable bonds is 2. The van der Waals surface area contributed by atoms with Gasteiger partial charge in [0.05, 0.1) is 12.9 Å². The molecule has 0 bridgehead atoms. The number of anilines is 1. The number of nitrogens with two attached hydrogens (primary N) is 1. The minimum absolute atomic E-state index is 0.178. The smallest absolute Gasteiger partial charge is 0.392 e. The van der Waals surface area contributed by atoms with Crippen LogP contribution in [-0.4, -0.2) is 103 Å². The van der Waals surface area contributed by atoms with Gasteiger partial charge in [-0.25, -0.2) is 28.6 Å². The van der Waals surface area contributed by atoms with Gasteiger partial charge >= 0.3 is 23.5 Å². The van der Waals surface area contributed by atoms with E-state index in [1.807, 2.05) is 0 Å². The van der Waals surface area contributed by atoms with Gasteiger partial charge in [-0.3, -0.25) is 4.57 Å². The molecule has 14 N–H and O–H groups in total. The molecule has 1 fully saturated rings. The first kappa shape index (κ1) is 34.1. The van der Waals surface area contributed by atoms with Gasteiger partial charge in [0.25, 0.3) is 0 Å². The molecule has 0 unspecified atom stereocenters. The summed E-state index contributed by atoms with van der Waals surface area (Å²) in [5.74, 6) is 2.36. The topological polar surface area (TPSA) is 373 Å². The van der Waals surface area contributed by atoms with Crippen LogP contribution in [0.1, 0.15) is 6.23 Å². The average molecular weight is 585 g/mol. The van der Waals surface area contributed by atoms with E-state index in [-0.39, 0.29) is 5.82 Å². The number of imidazole rings is 1. The van der Waals surface area contributed by atoms with E-state index < -0.39 is 54.1 Å². The third-order valence-corrected chi connectivity index (χ3v) is 3.56. The van der Waals surface area contributed by atoms with Crippen LogP contribution in [0.25, 0.3) is 11.2 Å². The zero-order valence-corrected chi connectivity index (χ0v) is 20.1. The minimum atomic E-state index is -4.64. The molecule has 206 valence electrons. The molecular weight excluding hydrogens is 563 g/mol. The van der Waals surface area contributed by atoms with Gasteiger partial charge in [0.1, 0.15) is 24.1 Å². The van der Waals surface area contributed by atoms with Crippen LogP contribution in [0, 0.1) is 12.3 Å². The third kappa shape index (κ3) is 12.4. The zero-order chi connectivity index (χ0) is 28.7. The van der Waals surface area contributed by atoms with E-state index in [9.17, 15) is 15.3 Å². The van der Waals surface area contributed by atoms with Crippen LogP contribution in [0.3, 0.4) is 0 Å². The summed E-state index contributed by atoms with van der Waals surface area (Å²) in [4.78, 5) is 76.6. The van der Waals surface area contributed by atoms with Crippen molar-refractivity contribution in [2.24, 2.45) is 0 Å². The Kier molecular flexibility index (Phi) is 12.4. The van der Waals surface area contributed by atoms with Gasteiger partial charge in [-0.2, -0.15) is 0 Å². The van der Waals surface area contributed by atoms with E-state index in [2.05, 4.69) is 20.9 Å². The fraction of sp³-hybridized carbons (Fsp3) is 0.417. The number of nitrogens with zero attached hydrogens (tertiary/aromatic N) is 4. The number of hydrogen-bond donors (Lipinski definition) is 13. The number of phosphoric acid groups is 3. The van der Waals surface area contributed by atoms with E-state index in [1.54, 1.807) is 0 Å². The van der Waals surface area contributed by atoms with Crippen molar-refractivity contribution in [1.29, 1.82) is 0 Å². The quantitative estimate of drug-likeness (QED) is 0.116. The van der Waals surface area contributed by atoms with E-state index >= 15 is 0 Å². The number of aliphatic hydroxyl groups excluding tert-OH is 3. The van der Waals surface area contributed by atoms with Crippen molar-refractivity contribution in [2.75, 3.05) is 12.3 Å². The Balaban J connectivity index is 0.000000672. The molecule has 4 atom stereocenters. The first-order valence-corrected chi connectivity index (χ1v) is 13.1. The first-order chi connectivity index (χ1) is 16.0. The second-order valence-corrected chi connectivity index (χ2v) is 9.34. The van der Waals surface area contributed by atoms with Gasteiger partial charge < -0.3 is 69.8 Å². The number of aliphatic hydroxyl groups is 3. The van der Waals surface area contributed by atoms with Crippen molar-refractivity contribution in [3.63, 3.8) is 0 Å². The van der Waals surface area contributed by atoms with Gasteiger partial charge in [0, 0.05) is 0 Å². The average Bonchev–Trinajstić information content (AvgIpc) is 3.19. The van der Waals surface area contributed by atoms with Crippen molar-refractivity contribution in [3.8, 4) is 12.3 Å². The van der Waals surface area contributed by atoms with Gasteiger partial charge in [-0.15, -0.1) is 6.42 Å². The normalized spacial score (nSPS) is 23.8. The molecule has 0 spiro atoms. The third-order valence-electron chi connectivity index (χ3n) is 3.56. The Morgan fingerprint density at radius 1 is 0.972 bits per heavy atom. The maximum Gasteiger partial charge on any atom is 0.466 e. The SMILES string of the molecule is C#C[C@]1(CO)O[C@@H](n2cnc3c(N)ncnc32)[C@H](O)[C@@H]1O.O=P(O)(O)O.O=P(O)(O)O.O=P(O)(O)O. The Hall–Kier alpha value is -1.92. The number of hydrogen-bond acceptors (Lipinski definition) is 11. The number of terminal acetylenes is 1. The molecule has 36 heavy (non-hydrogen) atoms. The van der Waals surface area contributed by atoms with Crippen LogP contribution in [-0.2, 0) is 18.4 Å². The highest BCUT2D eigenvalue weighted by Gasteiger charge is 2.54. The van der Waals surface area contributed by atoms with Crippen molar-refractivity contribution >= 4 is 40.4 Å². The Labute approximate surface area is 199 Å². The molecule has 24 heteroatoms. The summed E-state index contributed by atoms with van der Waals surface area (Å²) >= 11 is 0. The van der Waals surface area contributed by atoms with Crippen molar-refractivity contribution < 1.29 is 77.8 Å². The van der Waals surface area contributed by atoms with Crippen LogP contribution >= 0.6 is 23.5 Å². The molecule has 3 heterocycles. The summed E-state index contributed by atoms with van der Waals surface area (Å²) in [5.41, 5.74) is 4.66. The van der Waals surface area contributed by atoms with Crippen LogP contribution < -0.4 is 5.73 Å². The van der Waals surface area contributed by atoms with Crippen LogP contribution in [0.4, 0.5) is 5.82 Å². The summed E-state index contributed by atoms with van der Waals surface area (Å²) in [6, 6.07) is 0. The largest absolute Gasteiger partial charge is 0.466 e. The number of nitrogen functional groups attached to an aromatic ring is 1. The summed E-state index contributed by atoms with van der Waals surface area (Å²) < 4.78 is 33.5. The van der Waals surface area contributed by atoms with Gasteiger partial charge in [0.15, 0.2) is 23.3 Å². The number of ether oxygens (including phenoxy) is 1. The fourth-order valence-electron chi connectivity index (χ4n) is 2.36. The van der Waals surface area contributed by atoms with Crippen molar-refractivity contribution in [3.05, 3.63) is 12.7 Å². The number of fused-ring (bicyclic) bond motifs is 1. The first-order valence-electron chi connectivity index (χ1n) is 8.44. The maximum atomic E-state index is 10.2. The van der Waals surface area contributed by atoms with Crippen LogP contribution in [0.5, 0.6) is 0 Å². The molecule has 0 aliphatic carbocycles. The molecule has 2 aromatic rings. The molecule has 21 nitrogen and oxygen atoms in total. The molecule has 0 saturated carbocycles. The molecule has 1 saturated heterocycles. The molecule has 3 rings (SSSR count). The lowest BCUT2D eigenvalue weighted by atomic mass is 9.97. The molecule has 2 aromatic heterocycles.